The van der Waals surface area contributed by atoms with E-state index in [1.165, 1.54) is 9.87 Å². The lowest BCUT2D eigenvalue weighted by Crippen LogP contribution is -2.30. The highest BCUT2D eigenvalue weighted by Gasteiger charge is 2.21. The van der Waals surface area contributed by atoms with E-state index in [4.69, 9.17) is 4.99 Å². The van der Waals surface area contributed by atoms with E-state index in [0.29, 0.717) is 18.0 Å². The predicted molar refractivity (Wildman–Crippen MR) is 140 cm³/mol. The lowest BCUT2D eigenvalue weighted by molar-refractivity contribution is 0.445. The minimum absolute atomic E-state index is 0.320. The second-order valence-electron chi connectivity index (χ2n) is 7.85. The Morgan fingerprint density at radius 2 is 1.47 bits per heavy atom. The Hall–Kier alpha value is -3.00. The Balaban J connectivity index is 1.72. The zero-order valence-corrected chi connectivity index (χ0v) is 21.1. The molecule has 4 rings (SSSR count). The molecule has 0 bridgehead atoms. The van der Waals surface area contributed by atoms with Gasteiger partial charge in [0.15, 0.2) is 4.80 Å². The summed E-state index contributed by atoms with van der Waals surface area (Å²) in [5, 5.41) is 2.10. The maximum absolute atomic E-state index is 12.9. The number of hydrogen-bond donors (Lipinski definition) is 0. The fraction of sp³-hybridized carbons (Fsp3) is 0.222. The summed E-state index contributed by atoms with van der Waals surface area (Å²) in [6.07, 6.45) is 0.876. The van der Waals surface area contributed by atoms with Gasteiger partial charge in [-0.15, -0.1) is 11.3 Å². The van der Waals surface area contributed by atoms with Crippen LogP contribution in [0.5, 0.6) is 0 Å². The summed E-state index contributed by atoms with van der Waals surface area (Å²) >= 11 is 1.59. The minimum atomic E-state index is -3.48. The molecule has 1 aromatic heterocycles. The molecule has 0 aliphatic carbocycles. The van der Waals surface area contributed by atoms with E-state index in [0.717, 1.165) is 34.7 Å². The molecule has 0 unspecified atom stereocenters. The molecule has 0 spiro atoms. The van der Waals surface area contributed by atoms with Gasteiger partial charge in [0.2, 0.25) is 10.0 Å². The number of aryl methyl sites for hydroxylation is 1. The Kier molecular flexibility index (Phi) is 7.77. The Labute approximate surface area is 205 Å². The van der Waals surface area contributed by atoms with Gasteiger partial charge in [-0.1, -0.05) is 74.5 Å². The molecule has 0 fully saturated rings. The van der Waals surface area contributed by atoms with Gasteiger partial charge in [-0.2, -0.15) is 4.31 Å². The number of thiazole rings is 1. The summed E-state index contributed by atoms with van der Waals surface area (Å²) in [7, 11) is -3.48. The van der Waals surface area contributed by atoms with E-state index >= 15 is 0 Å². The first-order valence-corrected chi connectivity index (χ1v) is 13.8. The number of benzene rings is 3. The maximum Gasteiger partial charge on any atom is 0.243 e. The second-order valence-corrected chi connectivity index (χ2v) is 10.6. The molecule has 0 saturated carbocycles. The average molecular weight is 492 g/mol. The molecule has 176 valence electrons. The van der Waals surface area contributed by atoms with Gasteiger partial charge in [0, 0.05) is 25.0 Å². The van der Waals surface area contributed by atoms with Gasteiger partial charge in [0.05, 0.1) is 16.3 Å². The Bertz CT molecular complexity index is 1370. The van der Waals surface area contributed by atoms with E-state index in [1.54, 1.807) is 23.5 Å². The molecular formula is C27H29N3O2S2. The van der Waals surface area contributed by atoms with Gasteiger partial charge in [-0.3, -0.25) is 0 Å². The maximum atomic E-state index is 12.9. The van der Waals surface area contributed by atoms with Crippen LogP contribution in [0.3, 0.4) is 0 Å². The highest BCUT2D eigenvalue weighted by atomic mass is 32.2. The van der Waals surface area contributed by atoms with Crippen molar-refractivity contribution in [3.8, 4) is 11.3 Å². The molecule has 34 heavy (non-hydrogen) atoms. The minimum Gasteiger partial charge on any atom is -0.316 e. The molecule has 0 atom stereocenters. The van der Waals surface area contributed by atoms with Crippen molar-refractivity contribution >= 4 is 27.0 Å². The zero-order chi connectivity index (χ0) is 24.0. The quantitative estimate of drug-likeness (QED) is 0.301. The first-order valence-electron chi connectivity index (χ1n) is 11.5. The van der Waals surface area contributed by atoms with Crippen molar-refractivity contribution in [1.29, 1.82) is 0 Å². The summed E-state index contributed by atoms with van der Waals surface area (Å²) in [5.41, 5.74) is 4.17. The largest absolute Gasteiger partial charge is 0.316 e. The monoisotopic (exact) mass is 491 g/mol. The van der Waals surface area contributed by atoms with E-state index in [2.05, 4.69) is 34.2 Å². The van der Waals surface area contributed by atoms with Gasteiger partial charge >= 0.3 is 0 Å². The van der Waals surface area contributed by atoms with Crippen LogP contribution in [-0.4, -0.2) is 30.4 Å². The second kappa shape index (κ2) is 11.0. The van der Waals surface area contributed by atoms with Crippen LogP contribution >= 0.6 is 11.3 Å². The van der Waals surface area contributed by atoms with E-state index in [9.17, 15) is 8.42 Å². The van der Waals surface area contributed by atoms with Crippen molar-refractivity contribution in [3.05, 3.63) is 101 Å². The van der Waals surface area contributed by atoms with Crippen molar-refractivity contribution in [2.24, 2.45) is 4.99 Å². The van der Waals surface area contributed by atoms with Crippen LogP contribution in [0, 0.1) is 0 Å². The van der Waals surface area contributed by atoms with Crippen molar-refractivity contribution in [2.75, 3.05) is 13.1 Å². The van der Waals surface area contributed by atoms with E-state index in [-0.39, 0.29) is 0 Å². The van der Waals surface area contributed by atoms with Crippen LogP contribution in [-0.2, 0) is 23.0 Å². The lowest BCUT2D eigenvalue weighted by Gasteiger charge is -2.18. The summed E-state index contributed by atoms with van der Waals surface area (Å²) in [6, 6.07) is 27.5. The average Bonchev–Trinajstić information content (AvgIpc) is 3.27. The molecule has 0 aliphatic rings. The van der Waals surface area contributed by atoms with Gasteiger partial charge in [0.1, 0.15) is 0 Å². The zero-order valence-electron chi connectivity index (χ0n) is 19.5. The molecular weight excluding hydrogens is 462 g/mol. The number of hydrogen-bond acceptors (Lipinski definition) is 4. The number of para-hydroxylation sites is 1. The third-order valence-electron chi connectivity index (χ3n) is 5.74. The summed E-state index contributed by atoms with van der Waals surface area (Å²) in [5.74, 6) is 0. The molecule has 0 aliphatic heterocycles. The third kappa shape index (κ3) is 5.38. The van der Waals surface area contributed by atoms with Crippen molar-refractivity contribution in [1.82, 2.24) is 8.87 Å². The summed E-state index contributed by atoms with van der Waals surface area (Å²) in [6.45, 7) is 5.39. The first kappa shape index (κ1) is 24.1. The predicted octanol–water partition coefficient (Wildman–Crippen LogP) is 5.72. The van der Waals surface area contributed by atoms with Gasteiger partial charge in [-0.05, 0) is 41.8 Å². The normalized spacial score (nSPS) is 12.4. The fourth-order valence-electron chi connectivity index (χ4n) is 3.87. The smallest absolute Gasteiger partial charge is 0.243 e. The highest BCUT2D eigenvalue weighted by molar-refractivity contribution is 7.89. The van der Waals surface area contributed by atoms with Crippen LogP contribution in [0.2, 0.25) is 0 Å². The van der Waals surface area contributed by atoms with Gasteiger partial charge < -0.3 is 4.57 Å². The Morgan fingerprint density at radius 3 is 2.09 bits per heavy atom. The van der Waals surface area contributed by atoms with Crippen molar-refractivity contribution < 1.29 is 8.42 Å². The molecule has 1 heterocycles. The number of nitrogens with zero attached hydrogens (tertiary/aromatic N) is 3. The molecule has 4 aromatic rings. The van der Waals surface area contributed by atoms with Crippen LogP contribution < -0.4 is 4.80 Å². The summed E-state index contributed by atoms with van der Waals surface area (Å²) < 4.78 is 29.5. The molecule has 5 nitrogen and oxygen atoms in total. The van der Waals surface area contributed by atoms with E-state index in [1.807, 2.05) is 62.4 Å². The van der Waals surface area contributed by atoms with Crippen molar-refractivity contribution in [3.63, 3.8) is 0 Å². The SMILES string of the molecule is CCN(CC)S(=O)(=O)c1ccc(-c2csc(=Nc3ccccc3)n2CCc2ccccc2)cc1. The first-order chi connectivity index (χ1) is 16.5. The van der Waals surface area contributed by atoms with Crippen LogP contribution in [0.4, 0.5) is 5.69 Å². The molecule has 0 radical (unpaired) electrons. The number of aromatic nitrogens is 1. The van der Waals surface area contributed by atoms with Gasteiger partial charge in [-0.25, -0.2) is 13.4 Å². The molecule has 0 amide bonds. The van der Waals surface area contributed by atoms with Crippen LogP contribution in [0.1, 0.15) is 19.4 Å². The third-order valence-corrected chi connectivity index (χ3v) is 8.67. The Morgan fingerprint density at radius 1 is 0.853 bits per heavy atom. The fourth-order valence-corrected chi connectivity index (χ4v) is 6.29. The van der Waals surface area contributed by atoms with Crippen LogP contribution in [0.15, 0.2) is 100 Å². The standard InChI is InChI=1S/C27H29N3O2S2/c1-3-29(4-2)34(31,32)25-17-15-23(16-18-25)26-21-33-27(28-24-13-9-6-10-14-24)30(26)20-19-22-11-7-5-8-12-22/h5-18,21H,3-4,19-20H2,1-2H3. The van der Waals surface area contributed by atoms with Crippen LogP contribution in [0.25, 0.3) is 11.3 Å². The van der Waals surface area contributed by atoms with Gasteiger partial charge in [0.25, 0.3) is 0 Å². The highest BCUT2D eigenvalue weighted by Crippen LogP contribution is 2.24. The number of rotatable bonds is 9. The molecule has 0 N–H and O–H groups in total. The topological polar surface area (TPSA) is 54.7 Å². The number of sulfonamides is 1. The molecule has 3 aromatic carbocycles. The van der Waals surface area contributed by atoms with Crippen molar-refractivity contribution in [2.45, 2.75) is 31.7 Å². The molecule has 7 heteroatoms. The molecule has 0 saturated heterocycles. The summed E-state index contributed by atoms with van der Waals surface area (Å²) in [4.78, 5) is 6.11. The lowest BCUT2D eigenvalue weighted by atomic mass is 10.1. The van der Waals surface area contributed by atoms with E-state index < -0.39 is 10.0 Å².